The van der Waals surface area contributed by atoms with E-state index in [0.29, 0.717) is 6.54 Å². The second-order valence-corrected chi connectivity index (χ2v) is 3.30. The second kappa shape index (κ2) is 3.85. The van der Waals surface area contributed by atoms with Gasteiger partial charge in [0.25, 0.3) is 0 Å². The first-order valence-electron chi connectivity index (χ1n) is 4.66. The average molecular weight is 178 g/mol. The molecule has 1 aliphatic heterocycles. The Morgan fingerprint density at radius 3 is 3.00 bits per heavy atom. The van der Waals surface area contributed by atoms with Gasteiger partial charge in [0.2, 0.25) is 0 Å². The summed E-state index contributed by atoms with van der Waals surface area (Å²) in [4.78, 5) is 4.33. The van der Waals surface area contributed by atoms with E-state index in [1.165, 1.54) is 0 Å². The topological polar surface area (TPSA) is 48.1 Å². The molecule has 13 heavy (non-hydrogen) atoms. The minimum Gasteiger partial charge on any atom is -0.372 e. The summed E-state index contributed by atoms with van der Waals surface area (Å²) in [5.74, 6) is 0. The zero-order valence-electron chi connectivity index (χ0n) is 7.57. The van der Waals surface area contributed by atoms with Gasteiger partial charge in [0.05, 0.1) is 11.8 Å². The van der Waals surface area contributed by atoms with Gasteiger partial charge >= 0.3 is 0 Å². The Hall–Kier alpha value is -0.930. The molecule has 0 bridgehead atoms. The van der Waals surface area contributed by atoms with Crippen LogP contribution in [-0.2, 0) is 11.3 Å². The summed E-state index contributed by atoms with van der Waals surface area (Å²) in [6.45, 7) is 1.42. The SMILES string of the molecule is NCc1ccc(C2CCCO2)nc1. The van der Waals surface area contributed by atoms with Gasteiger partial charge in [0.1, 0.15) is 0 Å². The molecular weight excluding hydrogens is 164 g/mol. The first-order valence-corrected chi connectivity index (χ1v) is 4.66. The minimum absolute atomic E-state index is 0.215. The Kier molecular flexibility index (Phi) is 2.57. The smallest absolute Gasteiger partial charge is 0.0995 e. The van der Waals surface area contributed by atoms with Crippen LogP contribution >= 0.6 is 0 Å². The first-order chi connectivity index (χ1) is 6.40. The van der Waals surface area contributed by atoms with Gasteiger partial charge in [0.15, 0.2) is 0 Å². The maximum atomic E-state index is 5.52. The summed E-state index contributed by atoms with van der Waals surface area (Å²) in [6.07, 6.45) is 4.28. The van der Waals surface area contributed by atoms with Crippen LogP contribution in [0.3, 0.4) is 0 Å². The molecule has 0 aromatic carbocycles. The Bertz CT molecular complexity index is 265. The molecular formula is C10H14N2O. The predicted molar refractivity (Wildman–Crippen MR) is 50.1 cm³/mol. The van der Waals surface area contributed by atoms with E-state index in [-0.39, 0.29) is 6.10 Å². The van der Waals surface area contributed by atoms with Crippen molar-refractivity contribution in [3.8, 4) is 0 Å². The summed E-state index contributed by atoms with van der Waals surface area (Å²) in [5.41, 5.74) is 7.59. The number of rotatable bonds is 2. The van der Waals surface area contributed by atoms with Crippen molar-refractivity contribution < 1.29 is 4.74 Å². The van der Waals surface area contributed by atoms with Crippen molar-refractivity contribution in [2.75, 3.05) is 6.61 Å². The Labute approximate surface area is 77.9 Å². The Balaban J connectivity index is 2.12. The molecule has 0 amide bonds. The highest BCUT2D eigenvalue weighted by Gasteiger charge is 2.18. The highest BCUT2D eigenvalue weighted by molar-refractivity contribution is 5.15. The summed E-state index contributed by atoms with van der Waals surface area (Å²) in [7, 11) is 0. The third kappa shape index (κ3) is 1.87. The fraction of sp³-hybridized carbons (Fsp3) is 0.500. The fourth-order valence-electron chi connectivity index (χ4n) is 1.56. The van der Waals surface area contributed by atoms with E-state index >= 15 is 0 Å². The third-order valence-electron chi connectivity index (χ3n) is 2.34. The molecule has 1 fully saturated rings. The van der Waals surface area contributed by atoms with Crippen molar-refractivity contribution in [1.82, 2.24) is 4.98 Å². The summed E-state index contributed by atoms with van der Waals surface area (Å²) < 4.78 is 5.52. The van der Waals surface area contributed by atoms with Crippen molar-refractivity contribution in [2.45, 2.75) is 25.5 Å². The van der Waals surface area contributed by atoms with Crippen LogP contribution in [0.15, 0.2) is 18.3 Å². The number of aromatic nitrogens is 1. The molecule has 1 atom stereocenters. The molecule has 2 rings (SSSR count). The normalized spacial score (nSPS) is 22.1. The highest BCUT2D eigenvalue weighted by atomic mass is 16.5. The van der Waals surface area contributed by atoms with Gasteiger partial charge in [-0.15, -0.1) is 0 Å². The van der Waals surface area contributed by atoms with Gasteiger partial charge in [-0.2, -0.15) is 0 Å². The molecule has 3 heteroatoms. The molecule has 0 aliphatic carbocycles. The summed E-state index contributed by atoms with van der Waals surface area (Å²) >= 11 is 0. The van der Waals surface area contributed by atoms with Gasteiger partial charge in [-0.05, 0) is 24.5 Å². The lowest BCUT2D eigenvalue weighted by molar-refractivity contribution is 0.108. The molecule has 3 nitrogen and oxygen atoms in total. The maximum absolute atomic E-state index is 5.52. The molecule has 0 saturated carbocycles. The minimum atomic E-state index is 0.215. The first kappa shape index (κ1) is 8.66. The summed E-state index contributed by atoms with van der Waals surface area (Å²) in [6, 6.07) is 4.03. The van der Waals surface area contributed by atoms with E-state index in [1.54, 1.807) is 0 Å². The summed E-state index contributed by atoms with van der Waals surface area (Å²) in [5, 5.41) is 0. The van der Waals surface area contributed by atoms with Crippen LogP contribution in [-0.4, -0.2) is 11.6 Å². The van der Waals surface area contributed by atoms with Gasteiger partial charge in [-0.25, -0.2) is 0 Å². The number of hydrogen-bond donors (Lipinski definition) is 1. The quantitative estimate of drug-likeness (QED) is 0.744. The van der Waals surface area contributed by atoms with Crippen molar-refractivity contribution in [1.29, 1.82) is 0 Å². The van der Waals surface area contributed by atoms with E-state index in [4.69, 9.17) is 10.5 Å². The fourth-order valence-corrected chi connectivity index (χ4v) is 1.56. The molecule has 0 radical (unpaired) electrons. The third-order valence-corrected chi connectivity index (χ3v) is 2.34. The number of ether oxygens (including phenoxy) is 1. The van der Waals surface area contributed by atoms with Crippen LogP contribution in [0.2, 0.25) is 0 Å². The standard InChI is InChI=1S/C10H14N2O/c11-6-8-3-4-9(12-7-8)10-2-1-5-13-10/h3-4,7,10H,1-2,5-6,11H2. The van der Waals surface area contributed by atoms with E-state index in [9.17, 15) is 0 Å². The van der Waals surface area contributed by atoms with Crippen molar-refractivity contribution in [3.63, 3.8) is 0 Å². The lowest BCUT2D eigenvalue weighted by atomic mass is 10.1. The lowest BCUT2D eigenvalue weighted by Crippen LogP contribution is -2.01. The van der Waals surface area contributed by atoms with Crippen LogP contribution < -0.4 is 5.73 Å². The number of pyridine rings is 1. The van der Waals surface area contributed by atoms with Gasteiger partial charge in [0, 0.05) is 19.3 Å². The maximum Gasteiger partial charge on any atom is 0.0995 e. The highest BCUT2D eigenvalue weighted by Crippen LogP contribution is 2.26. The predicted octanol–water partition coefficient (Wildman–Crippen LogP) is 1.39. The van der Waals surface area contributed by atoms with E-state index in [0.717, 1.165) is 30.7 Å². The van der Waals surface area contributed by atoms with Crippen molar-refractivity contribution in [2.24, 2.45) is 5.73 Å². The monoisotopic (exact) mass is 178 g/mol. The van der Waals surface area contributed by atoms with Crippen LogP contribution in [0.25, 0.3) is 0 Å². The molecule has 0 spiro atoms. The zero-order valence-corrected chi connectivity index (χ0v) is 7.57. The zero-order chi connectivity index (χ0) is 9.10. The van der Waals surface area contributed by atoms with Gasteiger partial charge < -0.3 is 10.5 Å². The Morgan fingerprint density at radius 1 is 1.54 bits per heavy atom. The molecule has 1 unspecified atom stereocenters. The van der Waals surface area contributed by atoms with Crippen molar-refractivity contribution >= 4 is 0 Å². The molecule has 1 aliphatic rings. The van der Waals surface area contributed by atoms with E-state index in [1.807, 2.05) is 18.3 Å². The number of nitrogens with two attached hydrogens (primary N) is 1. The van der Waals surface area contributed by atoms with Crippen LogP contribution in [0.5, 0.6) is 0 Å². The van der Waals surface area contributed by atoms with Crippen LogP contribution in [0.1, 0.15) is 30.2 Å². The average Bonchev–Trinajstić information content (AvgIpc) is 2.71. The molecule has 2 N–H and O–H groups in total. The van der Waals surface area contributed by atoms with Gasteiger partial charge in [-0.1, -0.05) is 6.07 Å². The van der Waals surface area contributed by atoms with Crippen LogP contribution in [0.4, 0.5) is 0 Å². The molecule has 1 aromatic rings. The van der Waals surface area contributed by atoms with E-state index in [2.05, 4.69) is 4.98 Å². The molecule has 1 aromatic heterocycles. The molecule has 1 saturated heterocycles. The largest absolute Gasteiger partial charge is 0.372 e. The second-order valence-electron chi connectivity index (χ2n) is 3.30. The van der Waals surface area contributed by atoms with Gasteiger partial charge in [-0.3, -0.25) is 4.98 Å². The lowest BCUT2D eigenvalue weighted by Gasteiger charge is -2.08. The molecule has 70 valence electrons. The number of hydrogen-bond acceptors (Lipinski definition) is 3. The van der Waals surface area contributed by atoms with Crippen molar-refractivity contribution in [3.05, 3.63) is 29.6 Å². The Morgan fingerprint density at radius 2 is 2.46 bits per heavy atom. The van der Waals surface area contributed by atoms with Crippen LogP contribution in [0, 0.1) is 0 Å². The van der Waals surface area contributed by atoms with E-state index < -0.39 is 0 Å². The number of nitrogens with zero attached hydrogens (tertiary/aromatic N) is 1. The molecule has 2 heterocycles.